The Bertz CT molecular complexity index is 510. The maximum Gasteiger partial charge on any atom is 0.249 e. The minimum Gasteiger partial charge on any atom is -0.368 e. The molecular weight excluding hydrogens is 268 g/mol. The van der Waals surface area contributed by atoms with Crippen LogP contribution >= 0.6 is 0 Å². The summed E-state index contributed by atoms with van der Waals surface area (Å²) in [4.78, 5) is 25.3. The average molecular weight is 290 g/mol. The number of hydrogen-bond donors (Lipinski definition) is 1. The third kappa shape index (κ3) is 4.29. The van der Waals surface area contributed by atoms with Crippen molar-refractivity contribution in [3.63, 3.8) is 0 Å². The molecule has 114 valence electrons. The Balaban J connectivity index is 1.88. The molecule has 0 saturated carbocycles. The smallest absolute Gasteiger partial charge is 0.249 e. The molecule has 0 radical (unpaired) electrons. The molecule has 0 aliphatic carbocycles. The number of benzene rings is 1. The summed E-state index contributed by atoms with van der Waals surface area (Å²) in [7, 11) is 0. The van der Waals surface area contributed by atoms with E-state index in [4.69, 9.17) is 4.74 Å². The lowest BCUT2D eigenvalue weighted by Gasteiger charge is -2.22. The van der Waals surface area contributed by atoms with E-state index in [1.807, 2.05) is 31.2 Å². The monoisotopic (exact) mass is 290 g/mol. The summed E-state index contributed by atoms with van der Waals surface area (Å²) in [6.07, 6.45) is 1.39. The van der Waals surface area contributed by atoms with E-state index in [1.165, 1.54) is 6.92 Å². The number of hydrogen-bond acceptors (Lipinski definition) is 3. The molecule has 1 heterocycles. The topological polar surface area (TPSA) is 58.6 Å². The van der Waals surface area contributed by atoms with Crippen LogP contribution in [0.2, 0.25) is 0 Å². The maximum atomic E-state index is 11.8. The Labute approximate surface area is 125 Å². The number of aryl methyl sites for hydroxylation is 1. The van der Waals surface area contributed by atoms with Gasteiger partial charge in [-0.1, -0.05) is 12.1 Å². The normalized spacial score (nSPS) is 17.5. The summed E-state index contributed by atoms with van der Waals surface area (Å²) in [6, 6.07) is 7.77. The van der Waals surface area contributed by atoms with Crippen LogP contribution in [0.15, 0.2) is 24.3 Å². The molecule has 1 aliphatic rings. The van der Waals surface area contributed by atoms with Crippen LogP contribution in [0.3, 0.4) is 0 Å². The number of carbonyl (C=O) groups excluding carboxylic acids is 2. The Morgan fingerprint density at radius 3 is 2.86 bits per heavy atom. The number of nitrogens with one attached hydrogen (secondary N) is 1. The van der Waals surface area contributed by atoms with Crippen molar-refractivity contribution < 1.29 is 14.3 Å². The van der Waals surface area contributed by atoms with Gasteiger partial charge in [-0.15, -0.1) is 0 Å². The van der Waals surface area contributed by atoms with Crippen LogP contribution in [-0.2, 0) is 14.3 Å². The zero-order valence-electron chi connectivity index (χ0n) is 12.6. The van der Waals surface area contributed by atoms with Crippen LogP contribution in [0.1, 0.15) is 25.3 Å². The first-order chi connectivity index (χ1) is 10.1. The lowest BCUT2D eigenvalue weighted by molar-refractivity contribution is -0.130. The molecule has 5 nitrogen and oxygen atoms in total. The molecule has 1 unspecified atom stereocenters. The minimum absolute atomic E-state index is 0.0352. The lowest BCUT2D eigenvalue weighted by atomic mass is 10.2. The average Bonchev–Trinajstić information content (AvgIpc) is 2.97. The summed E-state index contributed by atoms with van der Waals surface area (Å²) in [5, 5.41) is 2.84. The van der Waals surface area contributed by atoms with E-state index < -0.39 is 0 Å². The summed E-state index contributed by atoms with van der Waals surface area (Å²) in [5.74, 6) is -0.118. The fourth-order valence-corrected chi connectivity index (χ4v) is 2.45. The molecule has 0 bridgehead atoms. The number of anilines is 1. The predicted molar refractivity (Wildman–Crippen MR) is 81.2 cm³/mol. The van der Waals surface area contributed by atoms with Crippen molar-refractivity contribution >= 4 is 17.5 Å². The van der Waals surface area contributed by atoms with E-state index in [0.29, 0.717) is 19.7 Å². The third-order valence-corrected chi connectivity index (χ3v) is 3.55. The van der Waals surface area contributed by atoms with Crippen molar-refractivity contribution in [2.75, 3.05) is 24.6 Å². The van der Waals surface area contributed by atoms with Crippen molar-refractivity contribution in [3.05, 3.63) is 29.8 Å². The second kappa shape index (κ2) is 7.22. The fourth-order valence-electron chi connectivity index (χ4n) is 2.45. The van der Waals surface area contributed by atoms with Gasteiger partial charge in [-0.3, -0.25) is 9.59 Å². The van der Waals surface area contributed by atoms with Crippen LogP contribution in [0, 0.1) is 6.92 Å². The Kier molecular flexibility index (Phi) is 5.33. The van der Waals surface area contributed by atoms with Gasteiger partial charge in [-0.05, 0) is 37.5 Å². The first kappa shape index (κ1) is 15.5. The summed E-state index contributed by atoms with van der Waals surface area (Å²) >= 11 is 0. The zero-order chi connectivity index (χ0) is 15.2. The van der Waals surface area contributed by atoms with Crippen LogP contribution < -0.4 is 10.2 Å². The molecule has 1 fully saturated rings. The van der Waals surface area contributed by atoms with E-state index >= 15 is 0 Å². The SMILES string of the molecule is CC(=O)N(CCNC(=O)C1CCCO1)c1cccc(C)c1. The highest BCUT2D eigenvalue weighted by Crippen LogP contribution is 2.16. The number of amides is 2. The highest BCUT2D eigenvalue weighted by molar-refractivity contribution is 5.91. The van der Waals surface area contributed by atoms with E-state index in [0.717, 1.165) is 24.1 Å². The number of carbonyl (C=O) groups is 2. The fraction of sp³-hybridized carbons (Fsp3) is 0.500. The van der Waals surface area contributed by atoms with Gasteiger partial charge in [0.15, 0.2) is 0 Å². The van der Waals surface area contributed by atoms with Crippen molar-refractivity contribution in [1.82, 2.24) is 5.32 Å². The predicted octanol–water partition coefficient (Wildman–Crippen LogP) is 1.64. The van der Waals surface area contributed by atoms with Crippen molar-refractivity contribution in [2.45, 2.75) is 32.8 Å². The molecule has 2 rings (SSSR count). The molecule has 1 N–H and O–H groups in total. The van der Waals surface area contributed by atoms with Gasteiger partial charge >= 0.3 is 0 Å². The van der Waals surface area contributed by atoms with Crippen LogP contribution in [0.25, 0.3) is 0 Å². The largest absolute Gasteiger partial charge is 0.368 e. The second-order valence-electron chi connectivity index (χ2n) is 5.30. The van der Waals surface area contributed by atoms with E-state index in [-0.39, 0.29) is 17.9 Å². The van der Waals surface area contributed by atoms with Crippen LogP contribution in [0.4, 0.5) is 5.69 Å². The van der Waals surface area contributed by atoms with Crippen LogP contribution in [-0.4, -0.2) is 37.6 Å². The molecule has 1 aliphatic heterocycles. The Hall–Kier alpha value is -1.88. The third-order valence-electron chi connectivity index (χ3n) is 3.55. The van der Waals surface area contributed by atoms with Crippen LogP contribution in [0.5, 0.6) is 0 Å². The second-order valence-corrected chi connectivity index (χ2v) is 5.30. The van der Waals surface area contributed by atoms with Gasteiger partial charge in [0.25, 0.3) is 0 Å². The first-order valence-corrected chi connectivity index (χ1v) is 7.32. The first-order valence-electron chi connectivity index (χ1n) is 7.32. The molecule has 0 aromatic heterocycles. The van der Waals surface area contributed by atoms with Gasteiger partial charge in [-0.2, -0.15) is 0 Å². The van der Waals surface area contributed by atoms with E-state index in [2.05, 4.69) is 5.32 Å². The number of ether oxygens (including phenoxy) is 1. The maximum absolute atomic E-state index is 11.8. The molecule has 1 aromatic rings. The lowest BCUT2D eigenvalue weighted by Crippen LogP contribution is -2.41. The van der Waals surface area contributed by atoms with Crippen molar-refractivity contribution in [3.8, 4) is 0 Å². The van der Waals surface area contributed by atoms with E-state index in [1.54, 1.807) is 4.90 Å². The Morgan fingerprint density at radius 1 is 1.43 bits per heavy atom. The van der Waals surface area contributed by atoms with Crippen molar-refractivity contribution in [1.29, 1.82) is 0 Å². The standard InChI is InChI=1S/C16H22N2O3/c1-12-5-3-6-14(11-12)18(13(2)19)9-8-17-16(20)15-7-4-10-21-15/h3,5-6,11,15H,4,7-10H2,1-2H3,(H,17,20). The van der Waals surface area contributed by atoms with Crippen molar-refractivity contribution in [2.24, 2.45) is 0 Å². The quantitative estimate of drug-likeness (QED) is 0.897. The van der Waals surface area contributed by atoms with E-state index in [9.17, 15) is 9.59 Å². The molecule has 5 heteroatoms. The summed E-state index contributed by atoms with van der Waals surface area (Å²) < 4.78 is 5.33. The highest BCUT2D eigenvalue weighted by atomic mass is 16.5. The molecule has 21 heavy (non-hydrogen) atoms. The number of rotatable bonds is 5. The van der Waals surface area contributed by atoms with Gasteiger partial charge < -0.3 is 15.0 Å². The molecule has 1 saturated heterocycles. The highest BCUT2D eigenvalue weighted by Gasteiger charge is 2.23. The van der Waals surface area contributed by atoms with Gasteiger partial charge in [-0.25, -0.2) is 0 Å². The van der Waals surface area contributed by atoms with Gasteiger partial charge in [0.2, 0.25) is 11.8 Å². The molecule has 1 aromatic carbocycles. The number of nitrogens with zero attached hydrogens (tertiary/aromatic N) is 1. The molecular formula is C16H22N2O3. The van der Waals surface area contributed by atoms with Gasteiger partial charge in [0.1, 0.15) is 6.10 Å². The molecule has 2 amide bonds. The van der Waals surface area contributed by atoms with Gasteiger partial charge in [0, 0.05) is 32.3 Å². The summed E-state index contributed by atoms with van der Waals surface area (Å²) in [6.45, 7) is 5.05. The zero-order valence-corrected chi connectivity index (χ0v) is 12.6. The molecule has 0 spiro atoms. The summed E-state index contributed by atoms with van der Waals surface area (Å²) in [5.41, 5.74) is 1.95. The Morgan fingerprint density at radius 2 is 2.24 bits per heavy atom. The minimum atomic E-state index is -0.324. The van der Waals surface area contributed by atoms with Gasteiger partial charge in [0.05, 0.1) is 0 Å². The molecule has 1 atom stereocenters.